The maximum atomic E-state index is 12.3. The third kappa shape index (κ3) is 3.93. The zero-order chi connectivity index (χ0) is 19.3. The van der Waals surface area contributed by atoms with E-state index >= 15 is 0 Å². The number of nitrogens with one attached hydrogen (secondary N) is 2. The highest BCUT2D eigenvalue weighted by molar-refractivity contribution is 5.92. The third-order valence-corrected chi connectivity index (χ3v) is 4.78. The lowest BCUT2D eigenvalue weighted by molar-refractivity contribution is -0.116. The summed E-state index contributed by atoms with van der Waals surface area (Å²) in [6, 6.07) is 15.9. The first-order valence-electron chi connectivity index (χ1n) is 9.43. The summed E-state index contributed by atoms with van der Waals surface area (Å²) < 4.78 is 0. The molecule has 4 aromatic rings. The molecule has 0 saturated heterocycles. The standard InChI is InChI=1S/C23H22N4O/c1-16-8-9-20-19(15-16)18(23(27-20)21-6-2-3-12-25-21)5-4-7-22(28)26-17-10-13-24-14-11-17/h2-3,6,8-15,27H,4-5,7H2,1H3,(H,24,26,28). The minimum absolute atomic E-state index is 0.0154. The Morgan fingerprint density at radius 2 is 1.93 bits per heavy atom. The van der Waals surface area contributed by atoms with Crippen LogP contribution in [-0.2, 0) is 11.2 Å². The zero-order valence-corrected chi connectivity index (χ0v) is 15.8. The van der Waals surface area contributed by atoms with E-state index in [-0.39, 0.29) is 5.91 Å². The van der Waals surface area contributed by atoms with Gasteiger partial charge in [0.05, 0.1) is 11.4 Å². The van der Waals surface area contributed by atoms with Gasteiger partial charge < -0.3 is 10.3 Å². The number of H-pyrrole nitrogens is 1. The molecule has 3 aromatic heterocycles. The Balaban J connectivity index is 1.54. The van der Waals surface area contributed by atoms with E-state index in [9.17, 15) is 4.79 Å². The van der Waals surface area contributed by atoms with Crippen LogP contribution in [0.3, 0.4) is 0 Å². The van der Waals surface area contributed by atoms with Crippen molar-refractivity contribution in [3.8, 4) is 11.4 Å². The van der Waals surface area contributed by atoms with E-state index < -0.39 is 0 Å². The number of aromatic amines is 1. The second-order valence-corrected chi connectivity index (χ2v) is 6.88. The van der Waals surface area contributed by atoms with Gasteiger partial charge in [0.15, 0.2) is 0 Å². The van der Waals surface area contributed by atoms with Crippen molar-refractivity contribution in [2.45, 2.75) is 26.2 Å². The molecule has 0 radical (unpaired) electrons. The lowest BCUT2D eigenvalue weighted by Gasteiger charge is -2.07. The summed E-state index contributed by atoms with van der Waals surface area (Å²) in [5.74, 6) is 0.0154. The normalized spacial score (nSPS) is 10.9. The van der Waals surface area contributed by atoms with Crippen LogP contribution < -0.4 is 5.32 Å². The predicted octanol–water partition coefficient (Wildman–Crippen LogP) is 4.89. The largest absolute Gasteiger partial charge is 0.353 e. The van der Waals surface area contributed by atoms with E-state index in [0.717, 1.165) is 35.4 Å². The number of aryl methyl sites for hydroxylation is 2. The molecule has 0 aliphatic heterocycles. The summed E-state index contributed by atoms with van der Waals surface area (Å²) in [5.41, 5.74) is 6.27. The van der Waals surface area contributed by atoms with Gasteiger partial charge in [0.2, 0.25) is 5.91 Å². The lowest BCUT2D eigenvalue weighted by atomic mass is 10.0. The van der Waals surface area contributed by atoms with Gasteiger partial charge in [-0.25, -0.2) is 0 Å². The van der Waals surface area contributed by atoms with Crippen molar-refractivity contribution in [1.29, 1.82) is 0 Å². The molecule has 0 aliphatic rings. The number of nitrogens with zero attached hydrogens (tertiary/aromatic N) is 2. The highest BCUT2D eigenvalue weighted by atomic mass is 16.1. The Hall–Kier alpha value is -3.47. The first kappa shape index (κ1) is 17.9. The Morgan fingerprint density at radius 3 is 2.71 bits per heavy atom. The fourth-order valence-corrected chi connectivity index (χ4v) is 3.43. The lowest BCUT2D eigenvalue weighted by Crippen LogP contribution is -2.11. The van der Waals surface area contributed by atoms with Crippen LogP contribution in [0.4, 0.5) is 5.69 Å². The number of anilines is 1. The van der Waals surface area contributed by atoms with Crippen molar-refractivity contribution in [1.82, 2.24) is 15.0 Å². The molecule has 0 aliphatic carbocycles. The first-order chi connectivity index (χ1) is 13.7. The minimum Gasteiger partial charge on any atom is -0.353 e. The van der Waals surface area contributed by atoms with Gasteiger partial charge in [-0.3, -0.25) is 14.8 Å². The van der Waals surface area contributed by atoms with Gasteiger partial charge in [0, 0.05) is 41.6 Å². The molecule has 0 unspecified atom stereocenters. The summed E-state index contributed by atoms with van der Waals surface area (Å²) in [7, 11) is 0. The van der Waals surface area contributed by atoms with Gasteiger partial charge in [-0.05, 0) is 61.7 Å². The second kappa shape index (κ2) is 8.05. The quantitative estimate of drug-likeness (QED) is 0.507. The molecular weight excluding hydrogens is 348 g/mol. The molecule has 2 N–H and O–H groups in total. The Bertz CT molecular complexity index is 1090. The van der Waals surface area contributed by atoms with Gasteiger partial charge in [-0.1, -0.05) is 17.7 Å². The number of aromatic nitrogens is 3. The molecule has 3 heterocycles. The second-order valence-electron chi connectivity index (χ2n) is 6.88. The molecule has 28 heavy (non-hydrogen) atoms. The van der Waals surface area contributed by atoms with Crippen LogP contribution in [0.15, 0.2) is 67.1 Å². The van der Waals surface area contributed by atoms with Crippen LogP contribution in [0, 0.1) is 6.92 Å². The molecule has 5 nitrogen and oxygen atoms in total. The number of benzene rings is 1. The SMILES string of the molecule is Cc1ccc2[nH]c(-c3ccccn3)c(CCCC(=O)Nc3ccncc3)c2c1. The number of fused-ring (bicyclic) bond motifs is 1. The average molecular weight is 370 g/mol. The summed E-state index contributed by atoms with van der Waals surface area (Å²) in [6.07, 6.45) is 7.17. The van der Waals surface area contributed by atoms with Gasteiger partial charge in [-0.15, -0.1) is 0 Å². The van der Waals surface area contributed by atoms with Crippen LogP contribution in [0.25, 0.3) is 22.3 Å². The molecule has 140 valence electrons. The minimum atomic E-state index is 0.0154. The van der Waals surface area contributed by atoms with Crippen LogP contribution in [0.2, 0.25) is 0 Å². The molecule has 1 aromatic carbocycles. The topological polar surface area (TPSA) is 70.7 Å². The molecular formula is C23H22N4O. The molecule has 0 spiro atoms. The Morgan fingerprint density at radius 1 is 1.07 bits per heavy atom. The first-order valence-corrected chi connectivity index (χ1v) is 9.43. The van der Waals surface area contributed by atoms with Crippen molar-refractivity contribution < 1.29 is 4.79 Å². The van der Waals surface area contributed by atoms with Gasteiger partial charge >= 0.3 is 0 Å². The van der Waals surface area contributed by atoms with Crippen molar-refractivity contribution in [2.75, 3.05) is 5.32 Å². The van der Waals surface area contributed by atoms with Crippen LogP contribution in [0.1, 0.15) is 24.0 Å². The highest BCUT2D eigenvalue weighted by Crippen LogP contribution is 2.31. The van der Waals surface area contributed by atoms with E-state index in [0.29, 0.717) is 6.42 Å². The number of pyridine rings is 2. The summed E-state index contributed by atoms with van der Waals surface area (Å²) in [4.78, 5) is 24.2. The van der Waals surface area contributed by atoms with Crippen molar-refractivity contribution in [3.63, 3.8) is 0 Å². The van der Waals surface area contributed by atoms with Crippen molar-refractivity contribution in [2.24, 2.45) is 0 Å². The number of amides is 1. The third-order valence-electron chi connectivity index (χ3n) is 4.78. The summed E-state index contributed by atoms with van der Waals surface area (Å²) in [6.45, 7) is 2.10. The van der Waals surface area contributed by atoms with E-state index in [1.54, 1.807) is 30.7 Å². The average Bonchev–Trinajstić information content (AvgIpc) is 3.07. The fraction of sp³-hybridized carbons (Fsp3) is 0.174. The van der Waals surface area contributed by atoms with E-state index in [2.05, 4.69) is 45.4 Å². The molecule has 5 heteroatoms. The number of hydrogen-bond donors (Lipinski definition) is 2. The smallest absolute Gasteiger partial charge is 0.224 e. The van der Waals surface area contributed by atoms with Gasteiger partial charge in [0.25, 0.3) is 0 Å². The zero-order valence-electron chi connectivity index (χ0n) is 15.8. The monoisotopic (exact) mass is 370 g/mol. The van der Waals surface area contributed by atoms with E-state index in [1.807, 2.05) is 18.2 Å². The van der Waals surface area contributed by atoms with Gasteiger partial charge in [-0.2, -0.15) is 0 Å². The molecule has 0 fully saturated rings. The summed E-state index contributed by atoms with van der Waals surface area (Å²) in [5, 5.41) is 4.12. The molecule has 0 bridgehead atoms. The van der Waals surface area contributed by atoms with Crippen LogP contribution in [0.5, 0.6) is 0 Å². The number of carbonyl (C=O) groups is 1. The van der Waals surface area contributed by atoms with Gasteiger partial charge in [0.1, 0.15) is 0 Å². The maximum Gasteiger partial charge on any atom is 0.224 e. The van der Waals surface area contributed by atoms with Crippen LogP contribution in [-0.4, -0.2) is 20.9 Å². The fourth-order valence-electron chi connectivity index (χ4n) is 3.43. The molecule has 1 amide bonds. The highest BCUT2D eigenvalue weighted by Gasteiger charge is 2.14. The molecule has 4 rings (SSSR count). The molecule has 0 atom stereocenters. The maximum absolute atomic E-state index is 12.3. The number of carbonyl (C=O) groups excluding carboxylic acids is 1. The Labute approximate surface area is 163 Å². The molecule has 0 saturated carbocycles. The Kier molecular flexibility index (Phi) is 5.15. The van der Waals surface area contributed by atoms with E-state index in [4.69, 9.17) is 0 Å². The van der Waals surface area contributed by atoms with Crippen molar-refractivity contribution >= 4 is 22.5 Å². The van der Waals surface area contributed by atoms with Crippen LogP contribution >= 0.6 is 0 Å². The number of hydrogen-bond acceptors (Lipinski definition) is 3. The van der Waals surface area contributed by atoms with E-state index in [1.165, 1.54) is 16.5 Å². The van der Waals surface area contributed by atoms with Crippen molar-refractivity contribution in [3.05, 3.63) is 78.2 Å². The summed E-state index contributed by atoms with van der Waals surface area (Å²) >= 11 is 0. The number of rotatable bonds is 6. The predicted molar refractivity (Wildman–Crippen MR) is 112 cm³/mol.